The van der Waals surface area contributed by atoms with Gasteiger partial charge in [-0.05, 0) is 30.2 Å². The molecule has 2 nitrogen and oxygen atoms in total. The fourth-order valence-corrected chi connectivity index (χ4v) is 2.46. The molecule has 0 aliphatic heterocycles. The van der Waals surface area contributed by atoms with E-state index < -0.39 is 0 Å². The molecule has 2 heteroatoms. The average molecular weight is 263 g/mol. The molecule has 2 aromatic carbocycles. The third kappa shape index (κ3) is 2.55. The van der Waals surface area contributed by atoms with E-state index in [9.17, 15) is 0 Å². The zero-order valence-corrected chi connectivity index (χ0v) is 12.0. The Morgan fingerprint density at radius 3 is 2.50 bits per heavy atom. The van der Waals surface area contributed by atoms with Gasteiger partial charge in [0.1, 0.15) is 0 Å². The van der Waals surface area contributed by atoms with Gasteiger partial charge in [-0.15, -0.1) is 0 Å². The van der Waals surface area contributed by atoms with E-state index in [4.69, 9.17) is 0 Å². The number of hydrogen-bond acceptors (Lipinski definition) is 1. The number of hydrogen-bond donors (Lipinski definition) is 0. The molecule has 0 aliphatic carbocycles. The normalized spacial score (nSPS) is 10.9. The summed E-state index contributed by atoms with van der Waals surface area (Å²) in [7, 11) is 4.13. The van der Waals surface area contributed by atoms with Crippen LogP contribution in [0.25, 0.3) is 10.9 Å². The quantitative estimate of drug-likeness (QED) is 0.696. The van der Waals surface area contributed by atoms with E-state index in [1.807, 2.05) is 0 Å². The Balaban J connectivity index is 1.73. The van der Waals surface area contributed by atoms with Gasteiger partial charge in [0.2, 0.25) is 0 Å². The first-order valence-electron chi connectivity index (χ1n) is 6.96. The van der Waals surface area contributed by atoms with Crippen LogP contribution in [0.2, 0.25) is 0 Å². The summed E-state index contributed by atoms with van der Waals surface area (Å²) in [5.74, 6) is 0. The first kappa shape index (κ1) is 12.8. The Hall–Kier alpha value is -2.22. The van der Waals surface area contributed by atoms with Crippen molar-refractivity contribution < 1.29 is 0 Å². The smallest absolute Gasteiger partial charge is 0.0486 e. The van der Waals surface area contributed by atoms with Gasteiger partial charge in [0.25, 0.3) is 0 Å². The number of anilines is 1. The average Bonchev–Trinajstić information content (AvgIpc) is 2.89. The van der Waals surface area contributed by atoms with Crippen LogP contribution >= 0.6 is 0 Å². The topological polar surface area (TPSA) is 8.17 Å². The van der Waals surface area contributed by atoms with Crippen LogP contribution < -0.4 is 4.90 Å². The Kier molecular flexibility index (Phi) is 3.46. The molecule has 0 saturated carbocycles. The Labute approximate surface area is 120 Å². The summed E-state index contributed by atoms with van der Waals surface area (Å²) in [6.45, 7) is 0.991. The van der Waals surface area contributed by atoms with E-state index in [0.717, 1.165) is 13.0 Å². The van der Waals surface area contributed by atoms with Gasteiger partial charge in [0, 0.05) is 49.5 Å². The molecule has 0 aliphatic rings. The lowest BCUT2D eigenvalue weighted by atomic mass is 10.1. The Morgan fingerprint density at radius 2 is 1.75 bits per heavy atom. The largest absolute Gasteiger partial charge is 0.378 e. The molecule has 1 aromatic heterocycles. The minimum atomic E-state index is 0.991. The van der Waals surface area contributed by atoms with E-state index >= 15 is 0 Å². The number of nitrogens with zero attached hydrogens (tertiary/aromatic N) is 2. The monoisotopic (exact) mass is 263 g/mol. The number of aromatic nitrogens is 1. The van der Waals surface area contributed by atoms with Crippen molar-refractivity contribution in [2.45, 2.75) is 13.0 Å². The minimum absolute atomic E-state index is 0.991. The van der Waals surface area contributed by atoms with Crippen molar-refractivity contribution in [2.24, 2.45) is 0 Å². The maximum absolute atomic E-state index is 3.30. The highest BCUT2D eigenvalue weighted by atomic mass is 15.1. The van der Waals surface area contributed by atoms with E-state index in [1.165, 1.54) is 22.2 Å². The van der Waals surface area contributed by atoms with Crippen LogP contribution in [0.3, 0.4) is 0 Å². The molecule has 1 radical (unpaired) electrons. The van der Waals surface area contributed by atoms with E-state index in [2.05, 4.69) is 84.4 Å². The van der Waals surface area contributed by atoms with Gasteiger partial charge in [-0.25, -0.2) is 0 Å². The summed E-state index contributed by atoms with van der Waals surface area (Å²) in [5.41, 5.74) is 3.87. The van der Waals surface area contributed by atoms with E-state index in [-0.39, 0.29) is 0 Å². The summed E-state index contributed by atoms with van der Waals surface area (Å²) in [6, 6.07) is 20.5. The van der Waals surface area contributed by atoms with Crippen LogP contribution in [0.15, 0.2) is 54.7 Å². The lowest BCUT2D eigenvalue weighted by Crippen LogP contribution is -2.08. The van der Waals surface area contributed by atoms with Crippen LogP contribution in [0.5, 0.6) is 0 Å². The number of aryl methyl sites for hydroxylation is 2. The fraction of sp³-hybridized carbons (Fsp3) is 0.222. The highest BCUT2D eigenvalue weighted by molar-refractivity contribution is 5.79. The molecule has 0 saturated heterocycles. The number of benzene rings is 2. The van der Waals surface area contributed by atoms with E-state index in [0.29, 0.717) is 0 Å². The van der Waals surface area contributed by atoms with Crippen molar-refractivity contribution in [1.29, 1.82) is 0 Å². The molecule has 20 heavy (non-hydrogen) atoms. The summed E-state index contributed by atoms with van der Waals surface area (Å²) >= 11 is 0. The summed E-state index contributed by atoms with van der Waals surface area (Å²) in [4.78, 5) is 2.12. The molecule has 3 rings (SSSR count). The first-order chi connectivity index (χ1) is 9.74. The Bertz CT molecular complexity index is 693. The number of para-hydroxylation sites is 1. The number of rotatable bonds is 4. The molecule has 0 unspecified atom stereocenters. The highest BCUT2D eigenvalue weighted by Gasteiger charge is 2.01. The lowest BCUT2D eigenvalue weighted by molar-refractivity contribution is 0.722. The van der Waals surface area contributed by atoms with Gasteiger partial charge in [0.05, 0.1) is 0 Å². The van der Waals surface area contributed by atoms with Gasteiger partial charge in [-0.2, -0.15) is 0 Å². The summed E-state index contributed by atoms with van der Waals surface area (Å²) in [6.07, 6.45) is 3.10. The molecular formula is C18H19N2. The molecule has 0 atom stereocenters. The zero-order valence-electron chi connectivity index (χ0n) is 12.0. The predicted molar refractivity (Wildman–Crippen MR) is 85.2 cm³/mol. The molecular weight excluding hydrogens is 244 g/mol. The van der Waals surface area contributed by atoms with Crippen LogP contribution in [-0.4, -0.2) is 18.7 Å². The maximum atomic E-state index is 3.30. The van der Waals surface area contributed by atoms with Gasteiger partial charge in [-0.3, -0.25) is 0 Å². The third-order valence-corrected chi connectivity index (χ3v) is 3.68. The summed E-state index contributed by atoms with van der Waals surface area (Å²) in [5, 5.41) is 1.19. The van der Waals surface area contributed by atoms with Crippen molar-refractivity contribution in [2.75, 3.05) is 19.0 Å². The molecule has 0 spiro atoms. The van der Waals surface area contributed by atoms with Crippen LogP contribution in [0, 0.1) is 6.07 Å². The molecule has 0 fully saturated rings. The second-order valence-corrected chi connectivity index (χ2v) is 5.29. The lowest BCUT2D eigenvalue weighted by Gasteiger charge is -2.13. The minimum Gasteiger partial charge on any atom is -0.378 e. The van der Waals surface area contributed by atoms with E-state index in [1.54, 1.807) is 0 Å². The summed E-state index contributed by atoms with van der Waals surface area (Å²) < 4.78 is 2.27. The van der Waals surface area contributed by atoms with Crippen molar-refractivity contribution in [3.05, 3.63) is 66.4 Å². The van der Waals surface area contributed by atoms with Crippen LogP contribution in [-0.2, 0) is 13.0 Å². The standard InChI is InChI=1S/C18H19N2/c1-19(2)17-9-7-15(8-10-17)11-13-20-14-12-16-5-3-4-6-18(16)20/h3-10,14H,11,13H2,1-2H3. The second-order valence-electron chi connectivity index (χ2n) is 5.29. The molecule has 0 amide bonds. The van der Waals surface area contributed by atoms with Gasteiger partial charge >= 0.3 is 0 Å². The van der Waals surface area contributed by atoms with Crippen molar-refractivity contribution in [3.8, 4) is 0 Å². The molecule has 1 heterocycles. The highest BCUT2D eigenvalue weighted by Crippen LogP contribution is 2.16. The molecule has 3 aromatic rings. The van der Waals surface area contributed by atoms with Gasteiger partial charge in [-0.1, -0.05) is 30.3 Å². The fourth-order valence-electron chi connectivity index (χ4n) is 2.46. The predicted octanol–water partition coefficient (Wildman–Crippen LogP) is 3.75. The molecule has 0 bridgehead atoms. The third-order valence-electron chi connectivity index (χ3n) is 3.68. The number of fused-ring (bicyclic) bond motifs is 1. The molecule has 101 valence electrons. The van der Waals surface area contributed by atoms with Crippen LogP contribution in [0.1, 0.15) is 5.56 Å². The molecule has 0 N–H and O–H groups in total. The van der Waals surface area contributed by atoms with Crippen LogP contribution in [0.4, 0.5) is 5.69 Å². The maximum Gasteiger partial charge on any atom is 0.0486 e. The van der Waals surface area contributed by atoms with Crippen molar-refractivity contribution in [1.82, 2.24) is 4.57 Å². The van der Waals surface area contributed by atoms with Gasteiger partial charge in [0.15, 0.2) is 0 Å². The SMILES string of the molecule is CN(C)c1ccc(CCn2c[c]c3ccccc32)cc1. The van der Waals surface area contributed by atoms with Crippen molar-refractivity contribution in [3.63, 3.8) is 0 Å². The van der Waals surface area contributed by atoms with Gasteiger partial charge < -0.3 is 9.47 Å². The second kappa shape index (κ2) is 5.41. The van der Waals surface area contributed by atoms with Crippen molar-refractivity contribution >= 4 is 16.6 Å². The zero-order chi connectivity index (χ0) is 13.9. The first-order valence-corrected chi connectivity index (χ1v) is 6.96. The Morgan fingerprint density at radius 1 is 1.00 bits per heavy atom.